The van der Waals surface area contributed by atoms with Crippen molar-refractivity contribution >= 4 is 22.8 Å². The van der Waals surface area contributed by atoms with Crippen LogP contribution in [0.1, 0.15) is 30.5 Å². The first-order chi connectivity index (χ1) is 15.0. The number of rotatable bonds is 6. The number of benzene rings is 2. The number of H-pyrrole nitrogens is 1. The molecule has 3 N–H and O–H groups in total. The molecule has 1 aliphatic heterocycles. The number of aliphatic carboxylic acids is 2. The molecule has 2 aromatic carbocycles. The van der Waals surface area contributed by atoms with E-state index < -0.39 is 11.9 Å². The quantitative estimate of drug-likeness (QED) is 0.404. The first-order valence-corrected chi connectivity index (χ1v) is 10.5. The van der Waals surface area contributed by atoms with Crippen LogP contribution in [0.4, 0.5) is 0 Å². The lowest BCUT2D eigenvalue weighted by Crippen LogP contribution is -2.28. The number of aryl methyl sites for hydroxylation is 1. The summed E-state index contributed by atoms with van der Waals surface area (Å²) in [5.41, 5.74) is 5.66. The van der Waals surface area contributed by atoms with E-state index in [1.807, 2.05) is 0 Å². The van der Waals surface area contributed by atoms with Crippen LogP contribution < -0.4 is 0 Å². The van der Waals surface area contributed by atoms with Crippen molar-refractivity contribution in [3.63, 3.8) is 0 Å². The third kappa shape index (κ3) is 7.12. The van der Waals surface area contributed by atoms with Crippen LogP contribution in [-0.2, 0) is 22.6 Å². The van der Waals surface area contributed by atoms with Gasteiger partial charge in [-0.25, -0.2) is 9.59 Å². The highest BCUT2D eigenvalue weighted by Crippen LogP contribution is 2.20. The Labute approximate surface area is 181 Å². The topological polar surface area (TPSA) is 93.6 Å². The maximum absolute atomic E-state index is 9.10. The summed E-state index contributed by atoms with van der Waals surface area (Å²) < 4.78 is 0. The fourth-order valence-corrected chi connectivity index (χ4v) is 3.75. The summed E-state index contributed by atoms with van der Waals surface area (Å²) in [5, 5.41) is 16.1. The van der Waals surface area contributed by atoms with E-state index >= 15 is 0 Å². The van der Waals surface area contributed by atoms with Crippen molar-refractivity contribution in [2.45, 2.75) is 32.2 Å². The molecular formula is C25H28N2O4. The number of nitrogens with one attached hydrogen (secondary N) is 1. The van der Waals surface area contributed by atoms with Gasteiger partial charge in [-0.3, -0.25) is 4.90 Å². The van der Waals surface area contributed by atoms with Crippen molar-refractivity contribution in [1.82, 2.24) is 9.88 Å². The van der Waals surface area contributed by atoms with Crippen molar-refractivity contribution in [3.05, 3.63) is 83.6 Å². The number of aromatic nitrogens is 1. The van der Waals surface area contributed by atoms with Crippen LogP contribution in [0.5, 0.6) is 0 Å². The van der Waals surface area contributed by atoms with Gasteiger partial charge in [0, 0.05) is 30.8 Å². The van der Waals surface area contributed by atoms with Crippen LogP contribution in [0.2, 0.25) is 0 Å². The first-order valence-electron chi connectivity index (χ1n) is 10.5. The molecule has 0 amide bonds. The second-order valence-corrected chi connectivity index (χ2v) is 7.68. The Balaban J connectivity index is 0.000000401. The molecule has 1 aliphatic rings. The summed E-state index contributed by atoms with van der Waals surface area (Å²) in [6.07, 6.45) is 7.37. The molecule has 0 saturated heterocycles. The lowest BCUT2D eigenvalue weighted by molar-refractivity contribution is -0.159. The highest BCUT2D eigenvalue weighted by atomic mass is 16.4. The summed E-state index contributed by atoms with van der Waals surface area (Å²) in [6, 6.07) is 21.6. The fraction of sp³-hybridized carbons (Fsp3) is 0.280. The van der Waals surface area contributed by atoms with Gasteiger partial charge in [0.25, 0.3) is 0 Å². The second-order valence-electron chi connectivity index (χ2n) is 7.68. The molecule has 6 nitrogen and oxygen atoms in total. The van der Waals surface area contributed by atoms with E-state index in [4.69, 9.17) is 19.8 Å². The molecule has 0 aliphatic carbocycles. The van der Waals surface area contributed by atoms with Gasteiger partial charge in [0.15, 0.2) is 0 Å². The Kier molecular flexibility index (Phi) is 8.01. The van der Waals surface area contributed by atoms with E-state index in [0.717, 1.165) is 13.1 Å². The Morgan fingerprint density at radius 3 is 2.29 bits per heavy atom. The van der Waals surface area contributed by atoms with Crippen molar-refractivity contribution in [2.75, 3.05) is 13.1 Å². The smallest absolute Gasteiger partial charge is 0.414 e. The number of carbonyl (C=O) groups is 2. The van der Waals surface area contributed by atoms with Gasteiger partial charge in [-0.15, -0.1) is 0 Å². The zero-order chi connectivity index (χ0) is 22.1. The van der Waals surface area contributed by atoms with E-state index in [1.54, 1.807) is 5.57 Å². The van der Waals surface area contributed by atoms with Crippen LogP contribution in [0.3, 0.4) is 0 Å². The zero-order valence-electron chi connectivity index (χ0n) is 17.5. The van der Waals surface area contributed by atoms with Crippen molar-refractivity contribution in [2.24, 2.45) is 0 Å². The first kappa shape index (κ1) is 22.3. The summed E-state index contributed by atoms with van der Waals surface area (Å²) in [6.45, 7) is 3.27. The van der Waals surface area contributed by atoms with Crippen molar-refractivity contribution in [1.29, 1.82) is 0 Å². The van der Waals surface area contributed by atoms with Crippen LogP contribution in [-0.4, -0.2) is 45.1 Å². The van der Waals surface area contributed by atoms with Gasteiger partial charge in [-0.1, -0.05) is 60.2 Å². The van der Waals surface area contributed by atoms with Crippen LogP contribution in [0, 0.1) is 0 Å². The van der Waals surface area contributed by atoms with Gasteiger partial charge in [0.05, 0.1) is 0 Å². The number of carboxylic acid groups (broad SMARTS) is 2. The van der Waals surface area contributed by atoms with Crippen molar-refractivity contribution < 1.29 is 19.8 Å². The molecular weight excluding hydrogens is 392 g/mol. The van der Waals surface area contributed by atoms with Gasteiger partial charge < -0.3 is 15.2 Å². The van der Waals surface area contributed by atoms with Crippen LogP contribution in [0.15, 0.2) is 72.3 Å². The molecule has 162 valence electrons. The molecule has 4 rings (SSSR count). The highest BCUT2D eigenvalue weighted by Gasteiger charge is 2.13. The number of aromatic amines is 1. The Morgan fingerprint density at radius 1 is 0.935 bits per heavy atom. The maximum atomic E-state index is 9.10. The summed E-state index contributed by atoms with van der Waals surface area (Å²) in [7, 11) is 0. The predicted octanol–water partition coefficient (Wildman–Crippen LogP) is 4.48. The molecule has 0 saturated carbocycles. The SMILES string of the molecule is C1=C(CCCc2ccccc2)CCN(Cc2cc3ccccc3[nH]2)C1.O=C(O)C(=O)O. The third-order valence-electron chi connectivity index (χ3n) is 5.36. The number of hydrogen-bond donors (Lipinski definition) is 3. The molecule has 0 fully saturated rings. The van der Waals surface area contributed by atoms with E-state index in [-0.39, 0.29) is 0 Å². The third-order valence-corrected chi connectivity index (χ3v) is 5.36. The number of carboxylic acids is 2. The summed E-state index contributed by atoms with van der Waals surface area (Å²) >= 11 is 0. The van der Waals surface area contributed by atoms with E-state index in [9.17, 15) is 0 Å². The minimum Gasteiger partial charge on any atom is -0.473 e. The number of hydrogen-bond acceptors (Lipinski definition) is 3. The Morgan fingerprint density at radius 2 is 1.65 bits per heavy atom. The normalized spacial score (nSPS) is 13.9. The number of fused-ring (bicyclic) bond motifs is 1. The molecule has 3 aromatic rings. The lowest BCUT2D eigenvalue weighted by Gasteiger charge is -2.26. The largest absolute Gasteiger partial charge is 0.473 e. The predicted molar refractivity (Wildman–Crippen MR) is 121 cm³/mol. The molecule has 0 radical (unpaired) electrons. The number of para-hydroxylation sites is 1. The molecule has 1 aromatic heterocycles. The minimum absolute atomic E-state index is 1.02. The molecule has 0 spiro atoms. The zero-order valence-corrected chi connectivity index (χ0v) is 17.5. The van der Waals surface area contributed by atoms with E-state index in [0.29, 0.717) is 0 Å². The minimum atomic E-state index is -1.82. The van der Waals surface area contributed by atoms with Crippen LogP contribution in [0.25, 0.3) is 10.9 Å². The summed E-state index contributed by atoms with van der Waals surface area (Å²) in [4.78, 5) is 24.3. The molecule has 31 heavy (non-hydrogen) atoms. The molecule has 2 heterocycles. The molecule has 6 heteroatoms. The molecule has 0 bridgehead atoms. The lowest BCUT2D eigenvalue weighted by atomic mass is 9.99. The molecule has 0 unspecified atom stereocenters. The van der Waals surface area contributed by atoms with E-state index in [2.05, 4.69) is 76.6 Å². The summed E-state index contributed by atoms with van der Waals surface area (Å²) in [5.74, 6) is -3.65. The fourth-order valence-electron chi connectivity index (χ4n) is 3.75. The Bertz CT molecular complexity index is 995. The van der Waals surface area contributed by atoms with Gasteiger partial charge in [0.1, 0.15) is 0 Å². The van der Waals surface area contributed by atoms with E-state index in [1.165, 1.54) is 54.4 Å². The number of nitrogens with zero attached hydrogens (tertiary/aromatic N) is 1. The van der Waals surface area contributed by atoms with Gasteiger partial charge in [-0.05, 0) is 48.8 Å². The van der Waals surface area contributed by atoms with Crippen LogP contribution >= 0.6 is 0 Å². The van der Waals surface area contributed by atoms with Crippen molar-refractivity contribution in [3.8, 4) is 0 Å². The highest BCUT2D eigenvalue weighted by molar-refractivity contribution is 6.27. The van der Waals surface area contributed by atoms with Gasteiger partial charge in [0.2, 0.25) is 0 Å². The van der Waals surface area contributed by atoms with Gasteiger partial charge in [-0.2, -0.15) is 0 Å². The molecule has 0 atom stereocenters. The average Bonchev–Trinajstić information content (AvgIpc) is 3.18. The standard InChI is InChI=1S/C23H26N2.C2H2O4/c1-2-7-19(8-3-1)9-6-10-20-13-15-25(16-14-20)18-22-17-21-11-4-5-12-23(21)24-22;3-1(4)2(5)6/h1-5,7-8,11-13,17,24H,6,9-10,14-16,18H2;(H,3,4)(H,5,6). The van der Waals surface area contributed by atoms with Gasteiger partial charge >= 0.3 is 11.9 Å². The second kappa shape index (κ2) is 11.1. The Hall–Kier alpha value is -3.38. The average molecular weight is 421 g/mol. The maximum Gasteiger partial charge on any atom is 0.414 e. The monoisotopic (exact) mass is 420 g/mol.